The fourth-order valence-corrected chi connectivity index (χ4v) is 4.31. The van der Waals surface area contributed by atoms with Gasteiger partial charge in [-0.05, 0) is 62.3 Å². The molecule has 1 aromatic rings. The number of fused-ring (bicyclic) bond motifs is 2. The number of hydrogen-bond donors (Lipinski definition) is 2. The number of halogens is 1. The van der Waals surface area contributed by atoms with Crippen molar-refractivity contribution in [3.8, 4) is 0 Å². The molecule has 0 aliphatic carbocycles. The first-order valence-corrected chi connectivity index (χ1v) is 10.0. The summed E-state index contributed by atoms with van der Waals surface area (Å²) in [4.78, 5) is 26.8. The van der Waals surface area contributed by atoms with Crippen molar-refractivity contribution < 1.29 is 9.59 Å². The molecule has 2 aliphatic heterocycles. The van der Waals surface area contributed by atoms with E-state index in [1.54, 1.807) is 29.2 Å². The molecule has 2 unspecified atom stereocenters. The number of carbonyl (C=O) groups excluding carboxylic acids is 2. The Kier molecular flexibility index (Phi) is 6.54. The van der Waals surface area contributed by atoms with Gasteiger partial charge in [0.2, 0.25) is 11.8 Å². The maximum atomic E-state index is 12.8. The number of nitrogens with one attached hydrogen (secondary N) is 2. The molecule has 2 N–H and O–H groups in total. The van der Waals surface area contributed by atoms with Gasteiger partial charge in [-0.15, -0.1) is 0 Å². The molecular weight excluding hydrogens is 350 g/mol. The average Bonchev–Trinajstić information content (AvgIpc) is 2.95. The molecule has 2 heterocycles. The Morgan fingerprint density at radius 1 is 1.19 bits per heavy atom. The Hall–Kier alpha value is -1.59. The van der Waals surface area contributed by atoms with Gasteiger partial charge < -0.3 is 15.5 Å². The Morgan fingerprint density at radius 3 is 2.46 bits per heavy atom. The lowest BCUT2D eigenvalue weighted by Gasteiger charge is -2.30. The first-order valence-electron chi connectivity index (χ1n) is 9.62. The van der Waals surface area contributed by atoms with E-state index in [0.717, 1.165) is 19.3 Å². The highest BCUT2D eigenvalue weighted by molar-refractivity contribution is 6.30. The number of piperidine rings is 1. The van der Waals surface area contributed by atoms with Gasteiger partial charge in [0.15, 0.2) is 0 Å². The van der Waals surface area contributed by atoms with Crippen molar-refractivity contribution in [3.63, 3.8) is 0 Å². The first kappa shape index (κ1) is 19.2. The molecule has 2 aliphatic rings. The summed E-state index contributed by atoms with van der Waals surface area (Å²) in [6, 6.07) is 8.15. The summed E-state index contributed by atoms with van der Waals surface area (Å²) in [6.45, 7) is 2.75. The van der Waals surface area contributed by atoms with Crippen LogP contribution in [0.4, 0.5) is 5.69 Å². The largest absolute Gasteiger partial charge is 0.333 e. The molecule has 2 saturated heterocycles. The van der Waals surface area contributed by atoms with Gasteiger partial charge in [-0.3, -0.25) is 9.59 Å². The predicted molar refractivity (Wildman–Crippen MR) is 104 cm³/mol. The fraction of sp³-hybridized carbons (Fsp3) is 0.600. The minimum absolute atomic E-state index is 0.101. The first-order chi connectivity index (χ1) is 12.5. The van der Waals surface area contributed by atoms with Crippen LogP contribution in [0.1, 0.15) is 45.4 Å². The third-order valence-corrected chi connectivity index (χ3v) is 5.59. The molecule has 2 bridgehead atoms. The second kappa shape index (κ2) is 8.87. The second-order valence-electron chi connectivity index (χ2n) is 7.55. The Morgan fingerprint density at radius 2 is 1.85 bits per heavy atom. The van der Waals surface area contributed by atoms with Crippen LogP contribution in [-0.4, -0.2) is 41.9 Å². The van der Waals surface area contributed by atoms with E-state index in [1.165, 1.54) is 12.8 Å². The van der Waals surface area contributed by atoms with Gasteiger partial charge in [0.25, 0.3) is 0 Å². The minimum Gasteiger partial charge on any atom is -0.333 e. The summed E-state index contributed by atoms with van der Waals surface area (Å²) in [6.07, 6.45) is 6.04. The number of nitrogens with zero attached hydrogens (tertiary/aromatic N) is 1. The molecule has 142 valence electrons. The molecular formula is C20H28ClN3O2. The lowest BCUT2D eigenvalue weighted by atomic mass is 9.89. The van der Waals surface area contributed by atoms with Gasteiger partial charge in [-0.25, -0.2) is 0 Å². The third-order valence-electron chi connectivity index (χ3n) is 5.34. The predicted octanol–water partition coefficient (Wildman–Crippen LogP) is 3.44. The van der Waals surface area contributed by atoms with Crippen LogP contribution in [0.25, 0.3) is 0 Å². The van der Waals surface area contributed by atoms with Crippen LogP contribution >= 0.6 is 11.6 Å². The standard InChI is InChI=1S/C20H28ClN3O2/c1-2-9-24(13-19(25)23-16-5-3-15(21)4-6-16)20(26)12-14-10-17-7-8-18(11-14)22-17/h3-6,14,17-18,22H,2,7-13H2,1H3,(H,23,25). The van der Waals surface area contributed by atoms with E-state index in [1.807, 2.05) is 6.92 Å². The lowest BCUT2D eigenvalue weighted by Crippen LogP contribution is -2.42. The maximum Gasteiger partial charge on any atom is 0.243 e. The van der Waals surface area contributed by atoms with Crippen molar-refractivity contribution in [2.75, 3.05) is 18.4 Å². The molecule has 2 fully saturated rings. The molecule has 5 nitrogen and oxygen atoms in total. The van der Waals surface area contributed by atoms with Crippen molar-refractivity contribution in [1.29, 1.82) is 0 Å². The quantitative estimate of drug-likeness (QED) is 0.765. The minimum atomic E-state index is -0.167. The SMILES string of the molecule is CCCN(CC(=O)Nc1ccc(Cl)cc1)C(=O)CC1CC2CCC(C1)N2. The Labute approximate surface area is 160 Å². The topological polar surface area (TPSA) is 61.4 Å². The highest BCUT2D eigenvalue weighted by atomic mass is 35.5. The maximum absolute atomic E-state index is 12.8. The van der Waals surface area contributed by atoms with E-state index in [0.29, 0.717) is 41.7 Å². The number of anilines is 1. The molecule has 3 rings (SSSR count). The van der Waals surface area contributed by atoms with Crippen LogP contribution in [0, 0.1) is 5.92 Å². The zero-order valence-electron chi connectivity index (χ0n) is 15.3. The third kappa shape index (κ3) is 5.21. The molecule has 26 heavy (non-hydrogen) atoms. The molecule has 0 aromatic heterocycles. The average molecular weight is 378 g/mol. The van der Waals surface area contributed by atoms with E-state index < -0.39 is 0 Å². The van der Waals surface area contributed by atoms with Crippen LogP contribution < -0.4 is 10.6 Å². The molecule has 6 heteroatoms. The number of rotatable bonds is 7. The van der Waals surface area contributed by atoms with Crippen LogP contribution in [0.3, 0.4) is 0 Å². The molecule has 2 atom stereocenters. The van der Waals surface area contributed by atoms with Gasteiger partial charge in [0, 0.05) is 35.8 Å². The van der Waals surface area contributed by atoms with Gasteiger partial charge in [0.05, 0.1) is 6.54 Å². The Balaban J connectivity index is 1.52. The number of hydrogen-bond acceptors (Lipinski definition) is 3. The van der Waals surface area contributed by atoms with E-state index in [-0.39, 0.29) is 18.4 Å². The Bertz CT molecular complexity index is 622. The van der Waals surface area contributed by atoms with Gasteiger partial charge in [-0.1, -0.05) is 18.5 Å². The van der Waals surface area contributed by atoms with E-state index >= 15 is 0 Å². The number of amides is 2. The van der Waals surface area contributed by atoms with Gasteiger partial charge in [0.1, 0.15) is 0 Å². The van der Waals surface area contributed by atoms with Gasteiger partial charge >= 0.3 is 0 Å². The van der Waals surface area contributed by atoms with Crippen LogP contribution in [-0.2, 0) is 9.59 Å². The smallest absolute Gasteiger partial charge is 0.243 e. The number of benzene rings is 1. The monoisotopic (exact) mass is 377 g/mol. The summed E-state index contributed by atoms with van der Waals surface area (Å²) in [7, 11) is 0. The van der Waals surface area contributed by atoms with Crippen molar-refractivity contribution >= 4 is 29.1 Å². The highest BCUT2D eigenvalue weighted by Gasteiger charge is 2.34. The summed E-state index contributed by atoms with van der Waals surface area (Å²) < 4.78 is 0. The molecule has 2 amide bonds. The van der Waals surface area contributed by atoms with Crippen LogP contribution in [0.2, 0.25) is 5.02 Å². The van der Waals surface area contributed by atoms with E-state index in [9.17, 15) is 9.59 Å². The van der Waals surface area contributed by atoms with E-state index in [4.69, 9.17) is 11.6 Å². The van der Waals surface area contributed by atoms with Crippen LogP contribution in [0.5, 0.6) is 0 Å². The highest BCUT2D eigenvalue weighted by Crippen LogP contribution is 2.33. The van der Waals surface area contributed by atoms with Crippen molar-refractivity contribution in [3.05, 3.63) is 29.3 Å². The lowest BCUT2D eigenvalue weighted by molar-refractivity contribution is -0.135. The fourth-order valence-electron chi connectivity index (χ4n) is 4.19. The van der Waals surface area contributed by atoms with Crippen molar-refractivity contribution in [2.24, 2.45) is 5.92 Å². The summed E-state index contributed by atoms with van der Waals surface area (Å²) >= 11 is 5.86. The zero-order valence-corrected chi connectivity index (χ0v) is 16.1. The second-order valence-corrected chi connectivity index (χ2v) is 7.99. The summed E-state index contributed by atoms with van der Waals surface area (Å²) in [5.41, 5.74) is 0.693. The molecule has 0 spiro atoms. The van der Waals surface area contributed by atoms with Gasteiger partial charge in [-0.2, -0.15) is 0 Å². The summed E-state index contributed by atoms with van der Waals surface area (Å²) in [5, 5.41) is 7.08. The number of carbonyl (C=O) groups is 2. The zero-order chi connectivity index (χ0) is 18.5. The molecule has 1 aromatic carbocycles. The van der Waals surface area contributed by atoms with Crippen molar-refractivity contribution in [1.82, 2.24) is 10.2 Å². The molecule has 0 saturated carbocycles. The normalized spacial score (nSPS) is 24.3. The van der Waals surface area contributed by atoms with Crippen molar-refractivity contribution in [2.45, 2.75) is 57.5 Å². The molecule has 0 radical (unpaired) electrons. The van der Waals surface area contributed by atoms with E-state index in [2.05, 4.69) is 10.6 Å². The van der Waals surface area contributed by atoms with Crippen LogP contribution in [0.15, 0.2) is 24.3 Å². The summed E-state index contributed by atoms with van der Waals surface area (Å²) in [5.74, 6) is 0.379.